The van der Waals surface area contributed by atoms with Crippen molar-refractivity contribution in [3.63, 3.8) is 0 Å². The van der Waals surface area contributed by atoms with Crippen LogP contribution in [0.3, 0.4) is 0 Å². The van der Waals surface area contributed by atoms with Crippen LogP contribution < -0.4 is 0 Å². The molecule has 0 aromatic heterocycles. The van der Waals surface area contributed by atoms with Gasteiger partial charge in [0.25, 0.3) is 0 Å². The summed E-state index contributed by atoms with van der Waals surface area (Å²) in [6.45, 7) is 13.2. The maximum Gasteiger partial charge on any atom is 0.118 e. The maximum absolute atomic E-state index is 9.34. The van der Waals surface area contributed by atoms with E-state index in [2.05, 4.69) is 13.2 Å². The van der Waals surface area contributed by atoms with Crippen molar-refractivity contribution < 1.29 is 5.11 Å². The van der Waals surface area contributed by atoms with E-state index in [1.54, 1.807) is 6.08 Å². The molecular formula is C10H16O. The molecule has 0 amide bonds. The first-order valence-electron chi connectivity index (χ1n) is 3.62. The van der Waals surface area contributed by atoms with Crippen molar-refractivity contribution in [1.82, 2.24) is 0 Å². The predicted molar refractivity (Wildman–Crippen MR) is 49.5 cm³/mol. The minimum absolute atomic E-state index is 0.0694. The molecule has 0 aromatic carbocycles. The Bertz CT molecular complexity index is 191. The lowest BCUT2D eigenvalue weighted by atomic mass is 9.85. The number of aliphatic hydroxyl groups is 1. The zero-order chi connectivity index (χ0) is 9.07. The molecule has 0 atom stereocenters. The lowest BCUT2D eigenvalue weighted by Gasteiger charge is -2.20. The molecule has 0 saturated carbocycles. The fourth-order valence-corrected chi connectivity index (χ4v) is 0.905. The van der Waals surface area contributed by atoms with Crippen LogP contribution in [0.5, 0.6) is 0 Å². The zero-order valence-corrected chi connectivity index (χ0v) is 7.52. The molecular weight excluding hydrogens is 136 g/mol. The third-order valence-corrected chi connectivity index (χ3v) is 1.48. The summed E-state index contributed by atoms with van der Waals surface area (Å²) in [6, 6.07) is 0. The highest BCUT2D eigenvalue weighted by molar-refractivity contribution is 5.30. The molecule has 0 bridgehead atoms. The SMILES string of the molecule is C=C/C(O)=C(\C=C)C(C)(C)C. The van der Waals surface area contributed by atoms with Crippen molar-refractivity contribution in [3.8, 4) is 0 Å². The van der Waals surface area contributed by atoms with E-state index in [0.29, 0.717) is 0 Å². The van der Waals surface area contributed by atoms with Crippen LogP contribution >= 0.6 is 0 Å². The molecule has 62 valence electrons. The Kier molecular flexibility index (Phi) is 3.12. The van der Waals surface area contributed by atoms with Crippen LogP contribution in [0.1, 0.15) is 20.8 Å². The van der Waals surface area contributed by atoms with Gasteiger partial charge in [0.05, 0.1) is 0 Å². The number of allylic oxidation sites excluding steroid dienone is 3. The van der Waals surface area contributed by atoms with Gasteiger partial charge < -0.3 is 5.11 Å². The highest BCUT2D eigenvalue weighted by Gasteiger charge is 2.16. The average Bonchev–Trinajstić information content (AvgIpc) is 1.86. The summed E-state index contributed by atoms with van der Waals surface area (Å²) in [5, 5.41) is 9.34. The van der Waals surface area contributed by atoms with Crippen LogP contribution in [0.25, 0.3) is 0 Å². The molecule has 0 heterocycles. The van der Waals surface area contributed by atoms with Crippen molar-refractivity contribution in [2.45, 2.75) is 20.8 Å². The molecule has 0 radical (unpaired) electrons. The summed E-state index contributed by atoms with van der Waals surface area (Å²) in [5.41, 5.74) is 0.757. The molecule has 11 heavy (non-hydrogen) atoms. The molecule has 0 saturated heterocycles. The molecule has 1 N–H and O–H groups in total. The van der Waals surface area contributed by atoms with Gasteiger partial charge in [0.1, 0.15) is 5.76 Å². The average molecular weight is 152 g/mol. The van der Waals surface area contributed by atoms with Crippen molar-refractivity contribution in [1.29, 1.82) is 0 Å². The second-order valence-corrected chi connectivity index (χ2v) is 3.46. The number of hydrogen-bond acceptors (Lipinski definition) is 1. The van der Waals surface area contributed by atoms with Gasteiger partial charge in [-0.2, -0.15) is 0 Å². The Morgan fingerprint density at radius 1 is 1.18 bits per heavy atom. The van der Waals surface area contributed by atoms with Crippen LogP contribution in [0.2, 0.25) is 0 Å². The first-order chi connectivity index (χ1) is 4.93. The van der Waals surface area contributed by atoms with Gasteiger partial charge in [0, 0.05) is 0 Å². The third kappa shape index (κ3) is 2.62. The van der Waals surface area contributed by atoms with Crippen LogP contribution in [-0.2, 0) is 0 Å². The molecule has 0 fully saturated rings. The maximum atomic E-state index is 9.34. The van der Waals surface area contributed by atoms with E-state index in [4.69, 9.17) is 0 Å². The number of hydrogen-bond donors (Lipinski definition) is 1. The number of rotatable bonds is 2. The van der Waals surface area contributed by atoms with Crippen LogP contribution in [-0.4, -0.2) is 5.11 Å². The third-order valence-electron chi connectivity index (χ3n) is 1.48. The lowest BCUT2D eigenvalue weighted by molar-refractivity contribution is 0.398. The second kappa shape index (κ2) is 3.42. The second-order valence-electron chi connectivity index (χ2n) is 3.46. The molecule has 0 aliphatic heterocycles. The fourth-order valence-electron chi connectivity index (χ4n) is 0.905. The summed E-state index contributed by atoms with van der Waals surface area (Å²) in [6.07, 6.45) is 3.10. The first kappa shape index (κ1) is 10.0. The van der Waals surface area contributed by atoms with Gasteiger partial charge in [-0.1, -0.05) is 40.0 Å². The smallest absolute Gasteiger partial charge is 0.118 e. The van der Waals surface area contributed by atoms with Gasteiger partial charge in [-0.05, 0) is 17.1 Å². The first-order valence-corrected chi connectivity index (χ1v) is 3.62. The van der Waals surface area contributed by atoms with E-state index in [-0.39, 0.29) is 11.2 Å². The van der Waals surface area contributed by atoms with E-state index < -0.39 is 0 Å². The monoisotopic (exact) mass is 152 g/mol. The fraction of sp³-hybridized carbons (Fsp3) is 0.400. The summed E-state index contributed by atoms with van der Waals surface area (Å²) < 4.78 is 0. The molecule has 1 nitrogen and oxygen atoms in total. The molecule has 0 aromatic rings. The van der Waals surface area contributed by atoms with E-state index in [1.165, 1.54) is 6.08 Å². The van der Waals surface area contributed by atoms with E-state index in [1.807, 2.05) is 20.8 Å². The summed E-state index contributed by atoms with van der Waals surface area (Å²) in [5.74, 6) is 0.215. The normalized spacial score (nSPS) is 13.7. The van der Waals surface area contributed by atoms with Gasteiger partial charge in [-0.3, -0.25) is 0 Å². The Morgan fingerprint density at radius 3 is 1.73 bits per heavy atom. The highest BCUT2D eigenvalue weighted by Crippen LogP contribution is 2.28. The van der Waals surface area contributed by atoms with E-state index in [9.17, 15) is 5.11 Å². The van der Waals surface area contributed by atoms with Crippen LogP contribution in [0, 0.1) is 5.41 Å². The van der Waals surface area contributed by atoms with Gasteiger partial charge in [0.2, 0.25) is 0 Å². The van der Waals surface area contributed by atoms with Crippen LogP contribution in [0.4, 0.5) is 0 Å². The van der Waals surface area contributed by atoms with Gasteiger partial charge in [0.15, 0.2) is 0 Å². The van der Waals surface area contributed by atoms with Crippen molar-refractivity contribution >= 4 is 0 Å². The van der Waals surface area contributed by atoms with Gasteiger partial charge in [-0.25, -0.2) is 0 Å². The van der Waals surface area contributed by atoms with Gasteiger partial charge in [-0.15, -0.1) is 0 Å². The molecule has 0 aliphatic carbocycles. The Morgan fingerprint density at radius 2 is 1.64 bits per heavy atom. The van der Waals surface area contributed by atoms with E-state index in [0.717, 1.165) is 5.57 Å². The Balaban J connectivity index is 4.95. The molecule has 0 aliphatic rings. The minimum Gasteiger partial charge on any atom is -0.508 e. The molecule has 0 unspecified atom stereocenters. The largest absolute Gasteiger partial charge is 0.508 e. The molecule has 0 rings (SSSR count). The van der Waals surface area contributed by atoms with Crippen LogP contribution in [0.15, 0.2) is 36.6 Å². The summed E-state index contributed by atoms with van der Waals surface area (Å²) >= 11 is 0. The lowest BCUT2D eigenvalue weighted by Crippen LogP contribution is -2.09. The summed E-state index contributed by atoms with van der Waals surface area (Å²) in [4.78, 5) is 0. The van der Waals surface area contributed by atoms with Crippen molar-refractivity contribution in [3.05, 3.63) is 36.6 Å². The van der Waals surface area contributed by atoms with E-state index >= 15 is 0 Å². The van der Waals surface area contributed by atoms with Crippen molar-refractivity contribution in [2.24, 2.45) is 5.41 Å². The minimum atomic E-state index is -0.0694. The Labute approximate surface area is 68.7 Å². The van der Waals surface area contributed by atoms with Gasteiger partial charge >= 0.3 is 0 Å². The topological polar surface area (TPSA) is 20.2 Å². The highest BCUT2D eigenvalue weighted by atomic mass is 16.3. The number of aliphatic hydroxyl groups excluding tert-OH is 1. The summed E-state index contributed by atoms with van der Waals surface area (Å²) in [7, 11) is 0. The quantitative estimate of drug-likeness (QED) is 0.476. The molecule has 0 spiro atoms. The zero-order valence-electron chi connectivity index (χ0n) is 7.52. The molecule has 1 heteroatoms. The van der Waals surface area contributed by atoms with Crippen molar-refractivity contribution in [2.75, 3.05) is 0 Å². The Hall–Kier alpha value is -0.980. The predicted octanol–water partition coefficient (Wildman–Crippen LogP) is 3.22. The standard InChI is InChI=1S/C10H16O/c1-6-8(9(11)7-2)10(3,4)5/h6-7,11H,1-2H2,3-5H3/b9-8-.